The molecule has 0 bridgehead atoms. The highest BCUT2D eigenvalue weighted by molar-refractivity contribution is 5.88. The molecule has 1 aromatic carbocycles. The van der Waals surface area contributed by atoms with Crippen LogP contribution < -0.4 is 14.5 Å². The summed E-state index contributed by atoms with van der Waals surface area (Å²) in [7, 11) is 2.17. The lowest BCUT2D eigenvalue weighted by molar-refractivity contribution is -0.128. The maximum absolute atomic E-state index is 13.3. The van der Waals surface area contributed by atoms with Gasteiger partial charge in [-0.15, -0.1) is 0 Å². The zero-order valence-electron chi connectivity index (χ0n) is 28.0. The molecule has 250 valence electrons. The number of carbonyl (C=O) groups is 1. The van der Waals surface area contributed by atoms with Gasteiger partial charge < -0.3 is 24.3 Å². The molecule has 5 aliphatic rings. The number of likely N-dealkylation sites (tertiary alicyclic amines) is 2. The molecule has 1 aliphatic carbocycles. The molecule has 4 aliphatic heterocycles. The highest BCUT2D eigenvalue weighted by atomic mass is 16.5. The van der Waals surface area contributed by atoms with Crippen molar-refractivity contribution in [2.75, 3.05) is 75.8 Å². The zero-order valence-corrected chi connectivity index (χ0v) is 28.0. The molecule has 7 rings (SSSR count). The largest absolute Gasteiger partial charge is 0.462 e. The van der Waals surface area contributed by atoms with Gasteiger partial charge in [-0.05, 0) is 89.7 Å². The first-order valence-electron chi connectivity index (χ1n) is 18.0. The number of benzene rings is 1. The third-order valence-corrected chi connectivity index (χ3v) is 11.1. The standard InChI is InChI=1S/C37H50N8O2/c1-41-18-7-11-31(41)27-47-37-39-33-25-29(44-22-6-10-28-9-2-3-12-34(28)44)14-15-32(33)36(40-37)43-23-24-45(30(26-43)16-17-38)35(46)13-8-21-42-19-4-5-20-42/h2-3,8-9,12-13,29-31H,4-7,10-11,14-16,18-27H2,1H3. The molecule has 3 fully saturated rings. The Labute approximate surface area is 280 Å². The van der Waals surface area contributed by atoms with Gasteiger partial charge in [0.05, 0.1) is 24.2 Å². The zero-order chi connectivity index (χ0) is 32.2. The fourth-order valence-corrected chi connectivity index (χ4v) is 8.43. The van der Waals surface area contributed by atoms with Crippen LogP contribution in [0, 0.1) is 11.3 Å². The Morgan fingerprint density at radius 2 is 1.87 bits per heavy atom. The molecule has 5 heterocycles. The van der Waals surface area contributed by atoms with Crippen LogP contribution in [0.1, 0.15) is 61.8 Å². The second kappa shape index (κ2) is 14.6. The van der Waals surface area contributed by atoms with Crippen molar-refractivity contribution in [2.45, 2.75) is 82.3 Å². The van der Waals surface area contributed by atoms with Crippen molar-refractivity contribution in [3.63, 3.8) is 0 Å². The molecule has 3 unspecified atom stereocenters. The number of aryl methyl sites for hydroxylation is 1. The summed E-state index contributed by atoms with van der Waals surface area (Å²) in [5.74, 6) is 0.935. The molecule has 10 heteroatoms. The number of nitriles is 1. The number of hydrogen-bond acceptors (Lipinski definition) is 9. The molecule has 10 nitrogen and oxygen atoms in total. The minimum absolute atomic E-state index is 0.00294. The number of fused-ring (bicyclic) bond motifs is 2. The predicted octanol–water partition coefficient (Wildman–Crippen LogP) is 3.84. The number of rotatable bonds is 9. The summed E-state index contributed by atoms with van der Waals surface area (Å²) in [4.78, 5) is 35.1. The number of para-hydroxylation sites is 1. The SMILES string of the molecule is CN1CCCC1COc1nc2c(c(N3CCN(C(=O)C=CCN4CCCC4)C(CC#N)C3)n1)CCC(N1CCCc3ccccc31)C2. The maximum Gasteiger partial charge on any atom is 0.318 e. The number of hydrogen-bond donors (Lipinski definition) is 0. The van der Waals surface area contributed by atoms with Gasteiger partial charge in [-0.1, -0.05) is 24.3 Å². The second-order valence-electron chi connectivity index (χ2n) is 14.1. The number of aromatic nitrogens is 2. The topological polar surface area (TPSA) is 92.1 Å². The fourth-order valence-electron chi connectivity index (χ4n) is 8.43. The number of anilines is 2. The van der Waals surface area contributed by atoms with E-state index in [-0.39, 0.29) is 11.9 Å². The summed E-state index contributed by atoms with van der Waals surface area (Å²) in [6, 6.07) is 12.2. The Morgan fingerprint density at radius 1 is 1.00 bits per heavy atom. The summed E-state index contributed by atoms with van der Waals surface area (Å²) < 4.78 is 6.38. The molecule has 2 aromatic rings. The van der Waals surface area contributed by atoms with Crippen molar-refractivity contribution in [3.05, 3.63) is 53.2 Å². The van der Waals surface area contributed by atoms with E-state index in [9.17, 15) is 10.1 Å². The molecule has 3 saturated heterocycles. The summed E-state index contributed by atoms with van der Waals surface area (Å²) in [6.45, 7) is 7.59. The predicted molar refractivity (Wildman–Crippen MR) is 184 cm³/mol. The van der Waals surface area contributed by atoms with Crippen molar-refractivity contribution in [3.8, 4) is 12.1 Å². The van der Waals surface area contributed by atoms with Gasteiger partial charge in [0.25, 0.3) is 0 Å². The van der Waals surface area contributed by atoms with Crippen molar-refractivity contribution < 1.29 is 9.53 Å². The highest BCUT2D eigenvalue weighted by Gasteiger charge is 2.35. The van der Waals surface area contributed by atoms with Crippen molar-refractivity contribution >= 4 is 17.4 Å². The molecule has 1 aromatic heterocycles. The Morgan fingerprint density at radius 3 is 2.70 bits per heavy atom. The molecule has 1 amide bonds. The molecule has 47 heavy (non-hydrogen) atoms. The lowest BCUT2D eigenvalue weighted by Crippen LogP contribution is -2.55. The van der Waals surface area contributed by atoms with Crippen LogP contribution in [0.15, 0.2) is 36.4 Å². The van der Waals surface area contributed by atoms with Gasteiger partial charge in [0.2, 0.25) is 5.91 Å². The normalized spacial score (nSPS) is 25.2. The third kappa shape index (κ3) is 7.12. The second-order valence-corrected chi connectivity index (χ2v) is 14.1. The lowest BCUT2D eigenvalue weighted by atomic mass is 9.88. The molecule has 0 spiro atoms. The third-order valence-electron chi connectivity index (χ3n) is 11.1. The van der Waals surface area contributed by atoms with E-state index in [1.165, 1.54) is 42.5 Å². The number of nitrogens with zero attached hydrogens (tertiary/aromatic N) is 8. The van der Waals surface area contributed by atoms with Crippen LogP contribution in [0.25, 0.3) is 0 Å². The molecule has 0 saturated carbocycles. The monoisotopic (exact) mass is 638 g/mol. The quantitative estimate of drug-likeness (QED) is 0.380. The number of piperazine rings is 1. The van der Waals surface area contributed by atoms with Crippen LogP contribution >= 0.6 is 0 Å². The van der Waals surface area contributed by atoms with Crippen molar-refractivity contribution in [2.24, 2.45) is 0 Å². The fraction of sp³-hybridized carbons (Fsp3) is 0.622. The average molecular weight is 639 g/mol. The van der Waals surface area contributed by atoms with E-state index in [1.807, 2.05) is 11.0 Å². The minimum Gasteiger partial charge on any atom is -0.462 e. The van der Waals surface area contributed by atoms with Gasteiger partial charge in [-0.2, -0.15) is 15.2 Å². The number of amides is 1. The number of likely N-dealkylation sites (N-methyl/N-ethyl adjacent to an activating group) is 1. The van der Waals surface area contributed by atoms with E-state index in [4.69, 9.17) is 14.7 Å². The summed E-state index contributed by atoms with van der Waals surface area (Å²) in [6.07, 6.45) is 13.9. The van der Waals surface area contributed by atoms with Gasteiger partial charge >= 0.3 is 6.01 Å². The summed E-state index contributed by atoms with van der Waals surface area (Å²) in [5.41, 5.74) is 5.11. The van der Waals surface area contributed by atoms with Crippen LogP contribution in [-0.4, -0.2) is 115 Å². The highest BCUT2D eigenvalue weighted by Crippen LogP contribution is 2.37. The van der Waals surface area contributed by atoms with Crippen LogP contribution in [0.4, 0.5) is 11.5 Å². The maximum atomic E-state index is 13.3. The van der Waals surface area contributed by atoms with E-state index in [0.717, 1.165) is 76.3 Å². The van der Waals surface area contributed by atoms with Crippen molar-refractivity contribution in [1.82, 2.24) is 24.7 Å². The minimum atomic E-state index is -0.194. The van der Waals surface area contributed by atoms with E-state index >= 15 is 0 Å². The first-order valence-corrected chi connectivity index (χ1v) is 18.0. The van der Waals surface area contributed by atoms with Gasteiger partial charge in [-0.3, -0.25) is 9.69 Å². The summed E-state index contributed by atoms with van der Waals surface area (Å²) in [5, 5.41) is 9.76. The Balaban J connectivity index is 1.12. The first kappa shape index (κ1) is 31.9. The number of carbonyl (C=O) groups excluding carboxylic acids is 1. The van der Waals surface area contributed by atoms with Crippen LogP contribution in [0.3, 0.4) is 0 Å². The van der Waals surface area contributed by atoms with Crippen molar-refractivity contribution in [1.29, 1.82) is 5.26 Å². The molecular formula is C37H50N8O2. The van der Waals surface area contributed by atoms with E-state index in [2.05, 4.69) is 57.0 Å². The van der Waals surface area contributed by atoms with E-state index < -0.39 is 0 Å². The van der Waals surface area contributed by atoms with Gasteiger partial charge in [0, 0.05) is 68.6 Å². The molecule has 0 radical (unpaired) electrons. The average Bonchev–Trinajstić information content (AvgIpc) is 3.78. The van der Waals surface area contributed by atoms with E-state index in [0.29, 0.717) is 50.8 Å². The first-order chi connectivity index (χ1) is 23.1. The smallest absolute Gasteiger partial charge is 0.318 e. The Kier molecular flexibility index (Phi) is 9.92. The van der Waals surface area contributed by atoms with Gasteiger partial charge in [0.15, 0.2) is 0 Å². The van der Waals surface area contributed by atoms with Crippen LogP contribution in [-0.2, 0) is 24.1 Å². The number of ether oxygens (including phenoxy) is 1. The Hall–Kier alpha value is -3.68. The van der Waals surface area contributed by atoms with Gasteiger partial charge in [-0.25, -0.2) is 0 Å². The molecular weight excluding hydrogens is 588 g/mol. The van der Waals surface area contributed by atoms with Crippen LogP contribution in [0.5, 0.6) is 6.01 Å². The molecule has 0 N–H and O–H groups in total. The van der Waals surface area contributed by atoms with E-state index in [1.54, 1.807) is 6.08 Å². The molecule has 3 atom stereocenters. The van der Waals surface area contributed by atoms with Gasteiger partial charge in [0.1, 0.15) is 12.4 Å². The van der Waals surface area contributed by atoms with Crippen LogP contribution in [0.2, 0.25) is 0 Å². The lowest BCUT2D eigenvalue weighted by Gasteiger charge is -2.43. The summed E-state index contributed by atoms with van der Waals surface area (Å²) >= 11 is 0. The Bertz CT molecular complexity index is 1480.